The van der Waals surface area contributed by atoms with Crippen LogP contribution in [0.25, 0.3) is 11.1 Å². The third-order valence-electron chi connectivity index (χ3n) is 4.33. The Balaban J connectivity index is 1.76. The lowest BCUT2D eigenvalue weighted by Crippen LogP contribution is -2.41. The van der Waals surface area contributed by atoms with Crippen LogP contribution in [0.4, 0.5) is 18.0 Å². The summed E-state index contributed by atoms with van der Waals surface area (Å²) < 4.78 is 43.0. The van der Waals surface area contributed by atoms with Gasteiger partial charge >= 0.3 is 12.3 Å². The Kier molecular flexibility index (Phi) is 5.18. The number of benzene rings is 2. The van der Waals surface area contributed by atoms with E-state index in [1.165, 1.54) is 0 Å². The number of alkyl halides is 3. The molecular formula is C19H18F3NO3. The Hall–Kier alpha value is -2.54. The highest BCUT2D eigenvalue weighted by molar-refractivity contribution is 5.79. The number of nitrogens with zero attached hydrogens (tertiary/aromatic N) is 1. The summed E-state index contributed by atoms with van der Waals surface area (Å²) in [6.07, 6.45) is -5.64. The Morgan fingerprint density at radius 1 is 1.04 bits per heavy atom. The minimum absolute atomic E-state index is 0.0629. The van der Waals surface area contributed by atoms with Gasteiger partial charge in [0.15, 0.2) is 0 Å². The van der Waals surface area contributed by atoms with Gasteiger partial charge in [0.1, 0.15) is 13.2 Å². The van der Waals surface area contributed by atoms with Gasteiger partial charge in [-0.2, -0.15) is 13.2 Å². The zero-order valence-corrected chi connectivity index (χ0v) is 13.9. The number of carbonyl (C=O) groups is 1. The van der Waals surface area contributed by atoms with Crippen molar-refractivity contribution < 1.29 is 27.8 Å². The van der Waals surface area contributed by atoms with Crippen molar-refractivity contribution in [3.05, 3.63) is 59.7 Å². The standard InChI is InChI=1S/C19H18F3NO3/c20-19(21,22)12-23(9-10-24)18(25)26-11-17-15-7-3-1-5-13(15)14-6-2-4-8-16(14)17/h1-8,17,24H,9-12H2. The topological polar surface area (TPSA) is 49.8 Å². The quantitative estimate of drug-likeness (QED) is 0.877. The molecule has 0 bridgehead atoms. The molecule has 2 aromatic rings. The second kappa shape index (κ2) is 7.37. The van der Waals surface area contributed by atoms with Crippen molar-refractivity contribution in [2.24, 2.45) is 0 Å². The van der Waals surface area contributed by atoms with Crippen LogP contribution in [0.3, 0.4) is 0 Å². The summed E-state index contributed by atoms with van der Waals surface area (Å²) in [6, 6.07) is 15.4. The van der Waals surface area contributed by atoms with E-state index < -0.39 is 32.0 Å². The fourth-order valence-electron chi connectivity index (χ4n) is 3.26. The number of amides is 1. The molecule has 0 spiro atoms. The molecule has 4 nitrogen and oxygen atoms in total. The van der Waals surface area contributed by atoms with Crippen molar-refractivity contribution in [1.82, 2.24) is 4.90 Å². The molecule has 0 saturated carbocycles. The van der Waals surface area contributed by atoms with Gasteiger partial charge < -0.3 is 9.84 Å². The monoisotopic (exact) mass is 365 g/mol. The molecule has 0 heterocycles. The van der Waals surface area contributed by atoms with Crippen LogP contribution in [0.15, 0.2) is 48.5 Å². The van der Waals surface area contributed by atoms with E-state index in [1.807, 2.05) is 48.5 Å². The highest BCUT2D eigenvalue weighted by Crippen LogP contribution is 2.44. The Morgan fingerprint density at radius 3 is 2.08 bits per heavy atom. The number of aliphatic hydroxyl groups excluding tert-OH is 1. The van der Waals surface area contributed by atoms with E-state index in [2.05, 4.69) is 0 Å². The van der Waals surface area contributed by atoms with Crippen LogP contribution >= 0.6 is 0 Å². The fourth-order valence-corrected chi connectivity index (χ4v) is 3.26. The summed E-state index contributed by atoms with van der Waals surface area (Å²) >= 11 is 0. The molecule has 7 heteroatoms. The molecule has 1 N–H and O–H groups in total. The molecular weight excluding hydrogens is 347 g/mol. The summed E-state index contributed by atoms with van der Waals surface area (Å²) in [4.78, 5) is 12.5. The van der Waals surface area contributed by atoms with E-state index in [9.17, 15) is 18.0 Å². The van der Waals surface area contributed by atoms with Gasteiger partial charge in [-0.3, -0.25) is 4.90 Å². The van der Waals surface area contributed by atoms with Gasteiger partial charge in [-0.15, -0.1) is 0 Å². The van der Waals surface area contributed by atoms with Crippen LogP contribution in [0, 0.1) is 0 Å². The average molecular weight is 365 g/mol. The average Bonchev–Trinajstić information content (AvgIpc) is 2.92. The minimum atomic E-state index is -4.55. The van der Waals surface area contributed by atoms with Gasteiger partial charge in [-0.1, -0.05) is 48.5 Å². The van der Waals surface area contributed by atoms with E-state index in [-0.39, 0.29) is 12.5 Å². The molecule has 0 saturated heterocycles. The van der Waals surface area contributed by atoms with Crippen LogP contribution < -0.4 is 0 Å². The molecule has 0 radical (unpaired) electrons. The maximum atomic E-state index is 12.6. The van der Waals surface area contributed by atoms with Crippen molar-refractivity contribution in [1.29, 1.82) is 0 Å². The second-order valence-corrected chi connectivity index (χ2v) is 6.06. The summed E-state index contributed by atoms with van der Waals surface area (Å²) in [7, 11) is 0. The number of hydrogen-bond donors (Lipinski definition) is 1. The van der Waals surface area contributed by atoms with E-state index in [0.29, 0.717) is 4.90 Å². The summed E-state index contributed by atoms with van der Waals surface area (Å²) in [5.74, 6) is -0.229. The highest BCUT2D eigenvalue weighted by Gasteiger charge is 2.34. The lowest BCUT2D eigenvalue weighted by molar-refractivity contribution is -0.143. The first-order valence-corrected chi connectivity index (χ1v) is 8.18. The number of rotatable bonds is 5. The van der Waals surface area contributed by atoms with Crippen LogP contribution in [0.2, 0.25) is 0 Å². The predicted octanol–water partition coefficient (Wildman–Crippen LogP) is 3.79. The molecule has 0 aliphatic heterocycles. The van der Waals surface area contributed by atoms with E-state index >= 15 is 0 Å². The maximum absolute atomic E-state index is 12.6. The molecule has 1 aliphatic rings. The molecule has 0 unspecified atom stereocenters. The predicted molar refractivity (Wildman–Crippen MR) is 89.8 cm³/mol. The first kappa shape index (κ1) is 18.3. The largest absolute Gasteiger partial charge is 0.448 e. The summed E-state index contributed by atoms with van der Waals surface area (Å²) in [5, 5.41) is 8.91. The Labute approximate surface area is 148 Å². The number of hydrogen-bond acceptors (Lipinski definition) is 3. The molecule has 138 valence electrons. The Bertz CT molecular complexity index is 746. The molecule has 2 aromatic carbocycles. The fraction of sp³-hybridized carbons (Fsp3) is 0.316. The van der Waals surface area contributed by atoms with Crippen LogP contribution in [-0.2, 0) is 4.74 Å². The number of carbonyl (C=O) groups excluding carboxylic acids is 1. The highest BCUT2D eigenvalue weighted by atomic mass is 19.4. The van der Waals surface area contributed by atoms with E-state index in [4.69, 9.17) is 9.84 Å². The van der Waals surface area contributed by atoms with Gasteiger partial charge in [0, 0.05) is 12.5 Å². The molecule has 0 fully saturated rings. The maximum Gasteiger partial charge on any atom is 0.410 e. The van der Waals surface area contributed by atoms with E-state index in [0.717, 1.165) is 22.3 Å². The molecule has 1 amide bonds. The summed E-state index contributed by atoms with van der Waals surface area (Å²) in [5.41, 5.74) is 4.02. The number of halogens is 3. The number of fused-ring (bicyclic) bond motifs is 3. The Morgan fingerprint density at radius 2 is 1.58 bits per heavy atom. The third-order valence-corrected chi connectivity index (χ3v) is 4.33. The van der Waals surface area contributed by atoms with Crippen molar-refractivity contribution >= 4 is 6.09 Å². The van der Waals surface area contributed by atoms with Crippen molar-refractivity contribution in [3.63, 3.8) is 0 Å². The molecule has 3 rings (SSSR count). The summed E-state index contributed by atoms with van der Waals surface area (Å²) in [6.45, 7) is -2.52. The first-order chi connectivity index (χ1) is 12.4. The van der Waals surface area contributed by atoms with Crippen molar-refractivity contribution in [2.75, 3.05) is 26.3 Å². The lowest BCUT2D eigenvalue weighted by atomic mass is 9.98. The van der Waals surface area contributed by atoms with Crippen molar-refractivity contribution in [2.45, 2.75) is 12.1 Å². The van der Waals surface area contributed by atoms with Crippen LogP contribution in [0.5, 0.6) is 0 Å². The lowest BCUT2D eigenvalue weighted by Gasteiger charge is -2.23. The van der Waals surface area contributed by atoms with Gasteiger partial charge in [0.25, 0.3) is 0 Å². The minimum Gasteiger partial charge on any atom is -0.448 e. The van der Waals surface area contributed by atoms with Gasteiger partial charge in [0.2, 0.25) is 0 Å². The smallest absolute Gasteiger partial charge is 0.410 e. The van der Waals surface area contributed by atoms with E-state index in [1.54, 1.807) is 0 Å². The second-order valence-electron chi connectivity index (χ2n) is 6.06. The van der Waals surface area contributed by atoms with Gasteiger partial charge in [-0.25, -0.2) is 4.79 Å². The van der Waals surface area contributed by atoms with Crippen molar-refractivity contribution in [3.8, 4) is 11.1 Å². The van der Waals surface area contributed by atoms with Crippen LogP contribution in [0.1, 0.15) is 17.0 Å². The third kappa shape index (κ3) is 3.83. The molecule has 0 atom stereocenters. The molecule has 26 heavy (non-hydrogen) atoms. The zero-order chi connectivity index (χ0) is 18.7. The SMILES string of the molecule is O=C(OCC1c2ccccc2-c2ccccc21)N(CCO)CC(F)(F)F. The number of ether oxygens (including phenoxy) is 1. The van der Waals surface area contributed by atoms with Gasteiger partial charge in [0.05, 0.1) is 6.61 Å². The first-order valence-electron chi connectivity index (χ1n) is 8.18. The number of aliphatic hydroxyl groups is 1. The zero-order valence-electron chi connectivity index (χ0n) is 13.9. The normalized spacial score (nSPS) is 13.2. The molecule has 1 aliphatic carbocycles. The van der Waals surface area contributed by atoms with Crippen LogP contribution in [-0.4, -0.2) is 48.6 Å². The molecule has 0 aromatic heterocycles. The van der Waals surface area contributed by atoms with Gasteiger partial charge in [-0.05, 0) is 22.3 Å².